The maximum absolute atomic E-state index is 12.1. The second kappa shape index (κ2) is 6.91. The summed E-state index contributed by atoms with van der Waals surface area (Å²) in [5, 5.41) is 1.15. The Morgan fingerprint density at radius 2 is 1.80 bits per heavy atom. The normalized spacial score (nSPS) is 10.6. The highest BCUT2D eigenvalue weighted by atomic mass is 35.5. The average molecular weight is 357 g/mol. The molecule has 0 saturated heterocycles. The lowest BCUT2D eigenvalue weighted by Gasteiger charge is -2.07. The number of ether oxygens (including phenoxy) is 1. The molecule has 6 heteroatoms. The Bertz CT molecular complexity index is 1020. The highest BCUT2D eigenvalue weighted by Gasteiger charge is 2.11. The van der Waals surface area contributed by atoms with Gasteiger partial charge in [0.15, 0.2) is 18.2 Å². The van der Waals surface area contributed by atoms with Crippen molar-refractivity contribution in [3.63, 3.8) is 0 Å². The van der Waals surface area contributed by atoms with Crippen molar-refractivity contribution in [2.24, 2.45) is 0 Å². The predicted molar refractivity (Wildman–Crippen MR) is 93.8 cm³/mol. The van der Waals surface area contributed by atoms with E-state index in [1.807, 2.05) is 0 Å². The van der Waals surface area contributed by atoms with Gasteiger partial charge in [-0.3, -0.25) is 9.59 Å². The summed E-state index contributed by atoms with van der Waals surface area (Å²) < 4.78 is 10.6. The molecule has 0 atom stereocenters. The third kappa shape index (κ3) is 3.78. The first kappa shape index (κ1) is 16.9. The Morgan fingerprint density at radius 3 is 2.48 bits per heavy atom. The summed E-state index contributed by atoms with van der Waals surface area (Å²) in [6, 6.07) is 12.8. The van der Waals surface area contributed by atoms with E-state index in [9.17, 15) is 14.4 Å². The Labute approximate surface area is 147 Å². The molecular weight excluding hydrogens is 344 g/mol. The molecule has 1 heterocycles. The van der Waals surface area contributed by atoms with Crippen LogP contribution >= 0.6 is 11.6 Å². The number of hydrogen-bond acceptors (Lipinski definition) is 5. The van der Waals surface area contributed by atoms with E-state index in [1.165, 1.54) is 19.1 Å². The lowest BCUT2D eigenvalue weighted by molar-refractivity contribution is 0.0921. The van der Waals surface area contributed by atoms with Crippen LogP contribution in [0.15, 0.2) is 57.7 Å². The van der Waals surface area contributed by atoms with Crippen molar-refractivity contribution >= 4 is 34.1 Å². The van der Waals surface area contributed by atoms with Crippen molar-refractivity contribution in [3.05, 3.63) is 75.1 Å². The van der Waals surface area contributed by atoms with Gasteiger partial charge in [-0.2, -0.15) is 0 Å². The summed E-state index contributed by atoms with van der Waals surface area (Å²) in [4.78, 5) is 35.2. The molecule has 0 bridgehead atoms. The number of ketones is 2. The van der Waals surface area contributed by atoms with E-state index >= 15 is 0 Å². The molecule has 3 aromatic rings. The lowest BCUT2D eigenvalue weighted by atomic mass is 10.1. The number of benzene rings is 2. The third-order valence-electron chi connectivity index (χ3n) is 3.62. The van der Waals surface area contributed by atoms with Crippen LogP contribution in [0.4, 0.5) is 0 Å². The fourth-order valence-corrected chi connectivity index (χ4v) is 2.42. The molecule has 0 fully saturated rings. The first-order valence-corrected chi connectivity index (χ1v) is 7.82. The van der Waals surface area contributed by atoms with Gasteiger partial charge in [0.1, 0.15) is 16.9 Å². The van der Waals surface area contributed by atoms with E-state index in [0.29, 0.717) is 21.7 Å². The van der Waals surface area contributed by atoms with Gasteiger partial charge in [0, 0.05) is 22.0 Å². The number of fused-ring (bicyclic) bond motifs is 1. The number of halogens is 1. The molecule has 2 aromatic carbocycles. The summed E-state index contributed by atoms with van der Waals surface area (Å²) in [5.41, 5.74) is 0.0720. The number of Topliss-reactive ketones (excluding diaryl/α,β-unsaturated/α-hetero) is 2. The Morgan fingerprint density at radius 1 is 1.08 bits per heavy atom. The van der Waals surface area contributed by atoms with Gasteiger partial charge in [0.25, 0.3) is 0 Å². The molecule has 0 aliphatic carbocycles. The van der Waals surface area contributed by atoms with Gasteiger partial charge in [-0.25, -0.2) is 4.79 Å². The van der Waals surface area contributed by atoms with E-state index in [0.717, 1.165) is 0 Å². The van der Waals surface area contributed by atoms with E-state index in [1.54, 1.807) is 36.4 Å². The fourth-order valence-electron chi connectivity index (χ4n) is 2.29. The van der Waals surface area contributed by atoms with E-state index in [-0.39, 0.29) is 29.3 Å². The summed E-state index contributed by atoms with van der Waals surface area (Å²) in [5.74, 6) is -0.178. The minimum absolute atomic E-state index is 0.000848. The summed E-state index contributed by atoms with van der Waals surface area (Å²) in [6.07, 6.45) is 0. The molecule has 0 unspecified atom stereocenters. The zero-order valence-electron chi connectivity index (χ0n) is 13.2. The van der Waals surface area contributed by atoms with Gasteiger partial charge in [-0.1, -0.05) is 11.6 Å². The van der Waals surface area contributed by atoms with Crippen LogP contribution in [-0.2, 0) is 0 Å². The number of carbonyl (C=O) groups is 2. The average Bonchev–Trinajstić information content (AvgIpc) is 2.59. The molecule has 0 saturated carbocycles. The van der Waals surface area contributed by atoms with Crippen LogP contribution in [-0.4, -0.2) is 18.2 Å². The van der Waals surface area contributed by atoms with Crippen LogP contribution in [0, 0.1) is 0 Å². The topological polar surface area (TPSA) is 73.6 Å². The zero-order valence-corrected chi connectivity index (χ0v) is 14.0. The number of carbonyl (C=O) groups excluding carboxylic acids is 2. The first-order chi connectivity index (χ1) is 11.9. The van der Waals surface area contributed by atoms with Crippen LogP contribution in [0.2, 0.25) is 5.02 Å². The quantitative estimate of drug-likeness (QED) is 0.512. The largest absolute Gasteiger partial charge is 0.485 e. The van der Waals surface area contributed by atoms with Gasteiger partial charge in [0.2, 0.25) is 0 Å². The van der Waals surface area contributed by atoms with Gasteiger partial charge >= 0.3 is 5.63 Å². The van der Waals surface area contributed by atoms with Gasteiger partial charge in [-0.05, 0) is 49.4 Å². The van der Waals surface area contributed by atoms with Crippen molar-refractivity contribution in [1.82, 2.24) is 0 Å². The third-order valence-corrected chi connectivity index (χ3v) is 3.87. The fraction of sp³-hybridized carbons (Fsp3) is 0.105. The standard InChI is InChI=1S/C19H13ClO5/c1-11(21)16-8-13-4-7-15(9-18(13)25-19(16)23)24-10-17(22)12-2-5-14(20)6-3-12/h2-9H,10H2,1H3. The highest BCUT2D eigenvalue weighted by Crippen LogP contribution is 2.21. The molecule has 0 aliphatic rings. The molecule has 0 N–H and O–H groups in total. The minimum atomic E-state index is -0.700. The van der Waals surface area contributed by atoms with Crippen molar-refractivity contribution in [1.29, 1.82) is 0 Å². The molecule has 25 heavy (non-hydrogen) atoms. The molecule has 0 aliphatic heterocycles. The van der Waals surface area contributed by atoms with Gasteiger partial charge in [0.05, 0.1) is 0 Å². The van der Waals surface area contributed by atoms with Crippen molar-refractivity contribution in [3.8, 4) is 5.75 Å². The SMILES string of the molecule is CC(=O)c1cc2ccc(OCC(=O)c3ccc(Cl)cc3)cc2oc1=O. The smallest absolute Gasteiger partial charge is 0.347 e. The van der Waals surface area contributed by atoms with Crippen molar-refractivity contribution < 1.29 is 18.7 Å². The Balaban J connectivity index is 1.79. The summed E-state index contributed by atoms with van der Waals surface area (Å²) >= 11 is 5.79. The van der Waals surface area contributed by atoms with Crippen LogP contribution in [0.1, 0.15) is 27.6 Å². The second-order valence-electron chi connectivity index (χ2n) is 5.42. The van der Waals surface area contributed by atoms with E-state index in [4.69, 9.17) is 20.8 Å². The number of hydrogen-bond donors (Lipinski definition) is 0. The predicted octanol–water partition coefficient (Wildman–Crippen LogP) is 3.91. The van der Waals surface area contributed by atoms with Gasteiger partial charge in [-0.15, -0.1) is 0 Å². The maximum Gasteiger partial charge on any atom is 0.347 e. The molecule has 0 amide bonds. The molecule has 0 radical (unpaired) electrons. The molecule has 0 spiro atoms. The minimum Gasteiger partial charge on any atom is -0.485 e. The summed E-state index contributed by atoms with van der Waals surface area (Å²) in [7, 11) is 0. The van der Waals surface area contributed by atoms with Crippen molar-refractivity contribution in [2.45, 2.75) is 6.92 Å². The van der Waals surface area contributed by atoms with Crippen LogP contribution < -0.4 is 10.4 Å². The zero-order chi connectivity index (χ0) is 18.0. The molecule has 5 nitrogen and oxygen atoms in total. The molecule has 126 valence electrons. The van der Waals surface area contributed by atoms with Crippen LogP contribution in [0.3, 0.4) is 0 Å². The van der Waals surface area contributed by atoms with E-state index < -0.39 is 5.63 Å². The Kier molecular flexibility index (Phi) is 4.67. The maximum atomic E-state index is 12.1. The molecule has 1 aromatic heterocycles. The molecule has 3 rings (SSSR count). The van der Waals surface area contributed by atoms with Crippen LogP contribution in [0.25, 0.3) is 11.0 Å². The summed E-state index contributed by atoms with van der Waals surface area (Å²) in [6.45, 7) is 1.14. The first-order valence-electron chi connectivity index (χ1n) is 7.44. The Hall–Kier alpha value is -2.92. The van der Waals surface area contributed by atoms with E-state index in [2.05, 4.69) is 0 Å². The highest BCUT2D eigenvalue weighted by molar-refractivity contribution is 6.30. The van der Waals surface area contributed by atoms with Gasteiger partial charge < -0.3 is 9.15 Å². The lowest BCUT2D eigenvalue weighted by Crippen LogP contribution is -2.12. The second-order valence-corrected chi connectivity index (χ2v) is 5.86. The number of rotatable bonds is 5. The van der Waals surface area contributed by atoms with Crippen molar-refractivity contribution in [2.75, 3.05) is 6.61 Å². The van der Waals surface area contributed by atoms with Crippen LogP contribution in [0.5, 0.6) is 5.75 Å². The monoisotopic (exact) mass is 356 g/mol. The molecular formula is C19H13ClO5.